The molecule has 0 saturated carbocycles. The van der Waals surface area contributed by atoms with E-state index in [1.165, 1.54) is 19.0 Å². The Morgan fingerprint density at radius 1 is 1.39 bits per heavy atom. The van der Waals surface area contributed by atoms with Crippen LogP contribution in [0.1, 0.15) is 31.4 Å². The van der Waals surface area contributed by atoms with Crippen molar-refractivity contribution in [3.05, 3.63) is 23.2 Å². The second kappa shape index (κ2) is 4.18. The number of aromatic nitrogens is 2. The highest BCUT2D eigenvalue weighted by atomic mass is 35.5. The molecule has 18 heavy (non-hydrogen) atoms. The van der Waals surface area contributed by atoms with E-state index in [2.05, 4.69) is 28.0 Å². The summed E-state index contributed by atoms with van der Waals surface area (Å²) in [5.41, 5.74) is 0.235. The van der Waals surface area contributed by atoms with Gasteiger partial charge in [-0.25, -0.2) is 4.98 Å². The molecular weight excluding hydrogens is 248 g/mol. The lowest BCUT2D eigenvalue weighted by atomic mass is 9.74. The van der Waals surface area contributed by atoms with Crippen molar-refractivity contribution in [2.24, 2.45) is 0 Å². The average molecular weight is 263 g/mol. The van der Waals surface area contributed by atoms with Gasteiger partial charge >= 0.3 is 0 Å². The van der Waals surface area contributed by atoms with Crippen molar-refractivity contribution in [3.63, 3.8) is 0 Å². The summed E-state index contributed by atoms with van der Waals surface area (Å²) in [5, 5.41) is 10.0. The van der Waals surface area contributed by atoms with Gasteiger partial charge in [0.05, 0.1) is 24.2 Å². The second-order valence-corrected chi connectivity index (χ2v) is 5.77. The fourth-order valence-corrected chi connectivity index (χ4v) is 3.55. The quantitative estimate of drug-likeness (QED) is 0.778. The van der Waals surface area contributed by atoms with Gasteiger partial charge in [-0.15, -0.1) is 0 Å². The van der Waals surface area contributed by atoms with Crippen LogP contribution in [-0.4, -0.2) is 34.0 Å². The number of halogens is 1. The molecule has 1 aromatic rings. The smallest absolute Gasteiger partial charge is 0.147 e. The van der Waals surface area contributed by atoms with Crippen molar-refractivity contribution >= 4 is 11.6 Å². The molecule has 2 fully saturated rings. The number of piperidine rings is 1. The van der Waals surface area contributed by atoms with Crippen molar-refractivity contribution in [1.29, 1.82) is 5.26 Å². The minimum absolute atomic E-state index is 0.369. The average Bonchev–Trinajstić information content (AvgIpc) is 2.62. The first kappa shape index (κ1) is 11.9. The van der Waals surface area contributed by atoms with Gasteiger partial charge in [0, 0.05) is 12.1 Å². The van der Waals surface area contributed by atoms with E-state index in [1.54, 1.807) is 6.20 Å². The fraction of sp³-hybridized carbons (Fsp3) is 0.615. The Labute approximate surface area is 112 Å². The molecule has 0 spiro atoms. The number of rotatable bonds is 1. The van der Waals surface area contributed by atoms with E-state index in [4.69, 9.17) is 11.6 Å². The Hall–Kier alpha value is -1.18. The lowest BCUT2D eigenvalue weighted by molar-refractivity contribution is 0.133. The van der Waals surface area contributed by atoms with E-state index in [1.807, 2.05) is 0 Å². The molecule has 2 saturated heterocycles. The molecule has 0 amide bonds. The van der Waals surface area contributed by atoms with Crippen molar-refractivity contribution in [3.8, 4) is 6.07 Å². The molecule has 2 unspecified atom stereocenters. The van der Waals surface area contributed by atoms with Gasteiger partial charge in [0.15, 0.2) is 0 Å². The molecule has 94 valence electrons. The summed E-state index contributed by atoms with van der Waals surface area (Å²) >= 11 is 5.91. The van der Waals surface area contributed by atoms with Crippen LogP contribution in [0.5, 0.6) is 0 Å². The first-order valence-corrected chi connectivity index (χ1v) is 6.64. The Bertz CT molecular complexity index is 496. The SMILES string of the molecule is CN1C2CCC1CC(C#N)(c1cncc(Cl)n1)C2. The fourth-order valence-electron chi connectivity index (χ4n) is 3.40. The van der Waals surface area contributed by atoms with Crippen LogP contribution in [0.3, 0.4) is 0 Å². The zero-order valence-electron chi connectivity index (χ0n) is 10.3. The first-order valence-electron chi connectivity index (χ1n) is 6.26. The van der Waals surface area contributed by atoms with Crippen molar-refractivity contribution in [2.45, 2.75) is 43.2 Å². The summed E-state index contributed by atoms with van der Waals surface area (Å²) in [6, 6.07) is 3.47. The van der Waals surface area contributed by atoms with Crippen LogP contribution < -0.4 is 0 Å². The monoisotopic (exact) mass is 262 g/mol. The third kappa shape index (κ3) is 1.70. The molecule has 0 radical (unpaired) electrons. The largest absolute Gasteiger partial charge is 0.300 e. The molecule has 1 aromatic heterocycles. The third-order valence-corrected chi connectivity index (χ3v) is 4.64. The molecule has 2 atom stereocenters. The molecule has 3 rings (SSSR count). The maximum absolute atomic E-state index is 9.66. The normalized spacial score (nSPS) is 35.4. The van der Waals surface area contributed by atoms with Crippen molar-refractivity contribution in [2.75, 3.05) is 7.05 Å². The van der Waals surface area contributed by atoms with Gasteiger partial charge in [-0.1, -0.05) is 11.6 Å². The standard InChI is InChI=1S/C13H15ClN4/c1-18-9-2-3-10(18)5-13(4-9,8-15)11-6-16-7-12(14)17-11/h6-7,9-10H,2-5H2,1H3. The Morgan fingerprint density at radius 2 is 2.06 bits per heavy atom. The molecule has 2 bridgehead atoms. The van der Waals surface area contributed by atoms with Crippen LogP contribution in [0.4, 0.5) is 0 Å². The first-order chi connectivity index (χ1) is 8.64. The van der Waals surface area contributed by atoms with Gasteiger partial charge in [-0.3, -0.25) is 4.98 Å². The van der Waals surface area contributed by atoms with Gasteiger partial charge < -0.3 is 4.90 Å². The third-order valence-electron chi connectivity index (χ3n) is 4.46. The van der Waals surface area contributed by atoms with E-state index < -0.39 is 5.41 Å². The van der Waals surface area contributed by atoms with Crippen molar-refractivity contribution < 1.29 is 0 Å². The molecule has 4 nitrogen and oxygen atoms in total. The molecule has 3 heterocycles. The van der Waals surface area contributed by atoms with Gasteiger partial charge in [0.1, 0.15) is 10.6 Å². The Balaban J connectivity index is 2.00. The molecule has 5 heteroatoms. The van der Waals surface area contributed by atoms with Crippen LogP contribution in [-0.2, 0) is 5.41 Å². The van der Waals surface area contributed by atoms with Gasteiger partial charge in [0.2, 0.25) is 0 Å². The summed E-state index contributed by atoms with van der Waals surface area (Å²) in [6.07, 6.45) is 7.24. The molecule has 0 N–H and O–H groups in total. The summed E-state index contributed by atoms with van der Waals surface area (Å²) in [6.45, 7) is 0. The summed E-state index contributed by atoms with van der Waals surface area (Å²) in [5.74, 6) is 0. The molecule has 0 aliphatic carbocycles. The number of hydrogen-bond acceptors (Lipinski definition) is 4. The maximum Gasteiger partial charge on any atom is 0.147 e. The lowest BCUT2D eigenvalue weighted by Crippen LogP contribution is -2.47. The Morgan fingerprint density at radius 3 is 2.61 bits per heavy atom. The minimum Gasteiger partial charge on any atom is -0.300 e. The van der Waals surface area contributed by atoms with E-state index in [0.29, 0.717) is 17.2 Å². The highest BCUT2D eigenvalue weighted by Crippen LogP contribution is 2.45. The van der Waals surface area contributed by atoms with E-state index in [0.717, 1.165) is 18.5 Å². The maximum atomic E-state index is 9.66. The van der Waals surface area contributed by atoms with Gasteiger partial charge in [-0.2, -0.15) is 5.26 Å². The predicted octanol–water partition coefficient (Wildman–Crippen LogP) is 2.15. The van der Waals surface area contributed by atoms with Crippen LogP contribution in [0.2, 0.25) is 5.15 Å². The number of nitrogens with zero attached hydrogens (tertiary/aromatic N) is 4. The van der Waals surface area contributed by atoms with Crippen LogP contribution in [0, 0.1) is 11.3 Å². The predicted molar refractivity (Wildman–Crippen MR) is 68.1 cm³/mol. The van der Waals surface area contributed by atoms with Gasteiger partial charge in [0.25, 0.3) is 0 Å². The minimum atomic E-state index is -0.504. The zero-order valence-corrected chi connectivity index (χ0v) is 11.1. The van der Waals surface area contributed by atoms with Crippen LogP contribution in [0.25, 0.3) is 0 Å². The molecule has 0 aromatic carbocycles. The lowest BCUT2D eigenvalue weighted by Gasteiger charge is -2.40. The summed E-state index contributed by atoms with van der Waals surface area (Å²) in [7, 11) is 2.16. The van der Waals surface area contributed by atoms with Gasteiger partial charge in [-0.05, 0) is 32.7 Å². The molecule has 2 aliphatic rings. The highest BCUT2D eigenvalue weighted by molar-refractivity contribution is 6.29. The molecular formula is C13H15ClN4. The Kier molecular flexibility index (Phi) is 2.76. The van der Waals surface area contributed by atoms with E-state index in [-0.39, 0.29) is 0 Å². The number of hydrogen-bond donors (Lipinski definition) is 0. The zero-order chi connectivity index (χ0) is 12.8. The highest BCUT2D eigenvalue weighted by Gasteiger charge is 2.49. The second-order valence-electron chi connectivity index (χ2n) is 5.38. The van der Waals surface area contributed by atoms with E-state index >= 15 is 0 Å². The van der Waals surface area contributed by atoms with Crippen molar-refractivity contribution in [1.82, 2.24) is 14.9 Å². The van der Waals surface area contributed by atoms with Crippen LogP contribution >= 0.6 is 11.6 Å². The molecule has 2 aliphatic heterocycles. The van der Waals surface area contributed by atoms with E-state index in [9.17, 15) is 5.26 Å². The summed E-state index contributed by atoms with van der Waals surface area (Å²) in [4.78, 5) is 10.8. The number of fused-ring (bicyclic) bond motifs is 2. The number of nitriles is 1. The summed E-state index contributed by atoms with van der Waals surface area (Å²) < 4.78 is 0. The topological polar surface area (TPSA) is 52.8 Å². The van der Waals surface area contributed by atoms with Crippen LogP contribution in [0.15, 0.2) is 12.4 Å².